The number of halogens is 8. The van der Waals surface area contributed by atoms with Crippen LogP contribution in [0.15, 0.2) is 16.6 Å². The van der Waals surface area contributed by atoms with Gasteiger partial charge in [0.15, 0.2) is 0 Å². The van der Waals surface area contributed by atoms with Gasteiger partial charge in [-0.25, -0.2) is 8.78 Å². The highest BCUT2D eigenvalue weighted by Crippen LogP contribution is 2.43. The molecule has 1 fully saturated rings. The van der Waals surface area contributed by atoms with Crippen LogP contribution in [0, 0.1) is 0 Å². The molecule has 11 heteroatoms. The Hall–Kier alpha value is -0.350. The summed E-state index contributed by atoms with van der Waals surface area (Å²) >= 11 is 2.89. The van der Waals surface area contributed by atoms with Gasteiger partial charge in [0.25, 0.3) is 6.43 Å². The molecule has 1 heterocycles. The Morgan fingerprint density at radius 1 is 1.12 bits per heavy atom. The molecule has 0 unspecified atom stereocenters. The highest BCUT2D eigenvalue weighted by atomic mass is 79.9. The molecule has 2 rings (SSSR count). The van der Waals surface area contributed by atoms with Gasteiger partial charge >= 0.3 is 6.18 Å². The second-order valence-electron chi connectivity index (χ2n) is 4.95. The predicted octanol–water partition coefficient (Wildman–Crippen LogP) is 4.23. The Kier molecular flexibility index (Phi) is 9.24. The van der Waals surface area contributed by atoms with Crippen molar-refractivity contribution >= 4 is 40.7 Å². The summed E-state index contributed by atoms with van der Waals surface area (Å²) in [6.07, 6.45) is -7.74. The van der Waals surface area contributed by atoms with E-state index in [4.69, 9.17) is 0 Å². The van der Waals surface area contributed by atoms with Gasteiger partial charge in [-0.2, -0.15) is 13.2 Å². The molecule has 3 nitrogen and oxygen atoms in total. The van der Waals surface area contributed by atoms with Crippen LogP contribution in [0.1, 0.15) is 17.2 Å². The molecule has 0 radical (unpaired) electrons. The van der Waals surface area contributed by atoms with Crippen molar-refractivity contribution in [3.8, 4) is 5.75 Å². The molecule has 0 bridgehead atoms. The zero-order valence-electron chi connectivity index (χ0n) is 12.1. The van der Waals surface area contributed by atoms with E-state index in [1.165, 1.54) is 4.90 Å². The van der Waals surface area contributed by atoms with Crippen LogP contribution in [-0.4, -0.2) is 42.6 Å². The summed E-state index contributed by atoms with van der Waals surface area (Å²) in [5, 5.41) is 12.9. The Morgan fingerprint density at radius 2 is 1.67 bits per heavy atom. The maximum Gasteiger partial charge on any atom is 0.420 e. The lowest BCUT2D eigenvalue weighted by Gasteiger charge is -2.35. The van der Waals surface area contributed by atoms with Crippen molar-refractivity contribution in [3.05, 3.63) is 27.7 Å². The number of hydrogen-bond donors (Lipinski definition) is 2. The van der Waals surface area contributed by atoms with E-state index in [1.807, 2.05) is 0 Å². The number of hydrogen-bond acceptors (Lipinski definition) is 3. The smallest absolute Gasteiger partial charge is 0.420 e. The molecule has 24 heavy (non-hydrogen) atoms. The quantitative estimate of drug-likeness (QED) is 0.661. The van der Waals surface area contributed by atoms with E-state index in [0.717, 1.165) is 6.07 Å². The van der Waals surface area contributed by atoms with E-state index in [-0.39, 0.29) is 42.4 Å². The van der Waals surface area contributed by atoms with Crippen molar-refractivity contribution in [2.45, 2.75) is 18.6 Å². The minimum atomic E-state index is -4.82. The minimum absolute atomic E-state index is 0. The molecular formula is C13H16BrCl2F5N2O. The molecule has 1 aromatic carbocycles. The van der Waals surface area contributed by atoms with Gasteiger partial charge in [-0.15, -0.1) is 24.8 Å². The molecule has 1 atom stereocenters. The number of piperazine rings is 1. The van der Waals surface area contributed by atoms with Crippen LogP contribution in [-0.2, 0) is 6.18 Å². The number of phenolic OH excluding ortho intramolecular Hbond substituents is 1. The highest BCUT2D eigenvalue weighted by molar-refractivity contribution is 9.10. The van der Waals surface area contributed by atoms with Crippen molar-refractivity contribution in [2.24, 2.45) is 0 Å². The van der Waals surface area contributed by atoms with E-state index in [2.05, 4.69) is 21.2 Å². The van der Waals surface area contributed by atoms with Crippen LogP contribution in [0.3, 0.4) is 0 Å². The predicted molar refractivity (Wildman–Crippen MR) is 88.5 cm³/mol. The largest absolute Gasteiger partial charge is 0.507 e. The van der Waals surface area contributed by atoms with Crippen LogP contribution in [0.2, 0.25) is 0 Å². The molecule has 1 aromatic rings. The van der Waals surface area contributed by atoms with Gasteiger partial charge in [-0.3, -0.25) is 4.90 Å². The van der Waals surface area contributed by atoms with Gasteiger partial charge in [0.05, 0.1) is 5.56 Å². The maximum atomic E-state index is 13.4. The van der Waals surface area contributed by atoms with Crippen LogP contribution >= 0.6 is 40.7 Å². The fourth-order valence-electron chi connectivity index (χ4n) is 2.51. The molecule has 0 spiro atoms. The third kappa shape index (κ3) is 5.32. The highest BCUT2D eigenvalue weighted by Gasteiger charge is 2.39. The molecule has 1 aliphatic rings. The number of alkyl halides is 5. The molecule has 1 saturated heterocycles. The summed E-state index contributed by atoms with van der Waals surface area (Å²) in [6.45, 7) is 1.46. The monoisotopic (exact) mass is 460 g/mol. The molecule has 0 saturated carbocycles. The van der Waals surface area contributed by atoms with Crippen LogP contribution in [0.5, 0.6) is 5.75 Å². The van der Waals surface area contributed by atoms with Gasteiger partial charge in [-0.05, 0) is 12.1 Å². The topological polar surface area (TPSA) is 35.5 Å². The Morgan fingerprint density at radius 3 is 2.12 bits per heavy atom. The Bertz CT molecular complexity index is 542. The number of phenols is 1. The van der Waals surface area contributed by atoms with Crippen molar-refractivity contribution in [1.29, 1.82) is 0 Å². The average molecular weight is 462 g/mol. The van der Waals surface area contributed by atoms with Crippen LogP contribution in [0.4, 0.5) is 22.0 Å². The molecule has 0 amide bonds. The first-order valence-corrected chi connectivity index (χ1v) is 7.33. The van der Waals surface area contributed by atoms with E-state index >= 15 is 0 Å². The second-order valence-corrected chi connectivity index (χ2v) is 5.87. The summed E-state index contributed by atoms with van der Waals surface area (Å²) in [5.74, 6) is -1.14. The number of nitrogens with one attached hydrogen (secondary N) is 1. The number of aromatic hydroxyl groups is 1. The summed E-state index contributed by atoms with van der Waals surface area (Å²) in [4.78, 5) is 1.38. The lowest BCUT2D eigenvalue weighted by Crippen LogP contribution is -2.47. The maximum absolute atomic E-state index is 13.4. The first-order valence-electron chi connectivity index (χ1n) is 6.54. The molecule has 0 aliphatic carbocycles. The van der Waals surface area contributed by atoms with E-state index in [1.54, 1.807) is 0 Å². The molecular weight excluding hydrogens is 446 g/mol. The molecule has 2 N–H and O–H groups in total. The lowest BCUT2D eigenvalue weighted by molar-refractivity contribution is -0.139. The van der Waals surface area contributed by atoms with E-state index < -0.39 is 35.5 Å². The minimum Gasteiger partial charge on any atom is -0.507 e. The lowest BCUT2D eigenvalue weighted by atomic mass is 10.00. The summed E-state index contributed by atoms with van der Waals surface area (Å²) in [5.41, 5.74) is -1.74. The zero-order chi connectivity index (χ0) is 16.5. The van der Waals surface area contributed by atoms with Gasteiger partial charge in [0.2, 0.25) is 0 Å². The Balaban J connectivity index is 0.00000264. The summed E-state index contributed by atoms with van der Waals surface area (Å²) in [7, 11) is 0. The fourth-order valence-corrected chi connectivity index (χ4v) is 2.99. The van der Waals surface area contributed by atoms with Crippen LogP contribution < -0.4 is 5.32 Å². The summed E-state index contributed by atoms with van der Waals surface area (Å²) in [6, 6.07) is 0.212. The first-order chi connectivity index (χ1) is 10.2. The number of rotatable bonds is 3. The third-order valence-electron chi connectivity index (χ3n) is 3.51. The van der Waals surface area contributed by atoms with Gasteiger partial charge in [0.1, 0.15) is 11.8 Å². The number of benzene rings is 1. The first kappa shape index (κ1) is 23.6. The second kappa shape index (κ2) is 9.38. The fraction of sp³-hybridized carbons (Fsp3) is 0.538. The zero-order valence-corrected chi connectivity index (χ0v) is 15.3. The van der Waals surface area contributed by atoms with Crippen molar-refractivity contribution < 1.29 is 27.1 Å². The number of nitrogens with zero attached hydrogens (tertiary/aromatic N) is 1. The van der Waals surface area contributed by atoms with Crippen molar-refractivity contribution in [1.82, 2.24) is 10.2 Å². The van der Waals surface area contributed by atoms with Crippen molar-refractivity contribution in [3.63, 3.8) is 0 Å². The van der Waals surface area contributed by atoms with Gasteiger partial charge < -0.3 is 10.4 Å². The average Bonchev–Trinajstić information content (AvgIpc) is 2.42. The van der Waals surface area contributed by atoms with E-state index in [9.17, 15) is 27.1 Å². The van der Waals surface area contributed by atoms with Crippen molar-refractivity contribution in [2.75, 3.05) is 26.2 Å². The van der Waals surface area contributed by atoms with E-state index in [0.29, 0.717) is 19.2 Å². The Labute approximate surface area is 156 Å². The van der Waals surface area contributed by atoms with Gasteiger partial charge in [-0.1, -0.05) is 15.9 Å². The SMILES string of the molecule is Cl.Cl.Oc1c([C@H](C(F)F)N2CCNCC2)cc(Br)cc1C(F)(F)F. The molecule has 0 aromatic heterocycles. The summed E-state index contributed by atoms with van der Waals surface area (Å²) < 4.78 is 65.6. The van der Waals surface area contributed by atoms with Gasteiger partial charge in [0, 0.05) is 36.2 Å². The van der Waals surface area contributed by atoms with Crippen LogP contribution in [0.25, 0.3) is 0 Å². The normalized spacial score (nSPS) is 17.1. The molecule has 1 aliphatic heterocycles. The standard InChI is InChI=1S/C13H14BrF5N2O.2ClH/c14-7-5-8(11(22)9(6-7)13(17,18)19)10(12(15)16)21-3-1-20-2-4-21;;/h5-6,10,12,20,22H,1-4H2;2*1H/t10-;;/m1../s1. The third-order valence-corrected chi connectivity index (χ3v) is 3.97. The molecule has 140 valence electrons.